The summed E-state index contributed by atoms with van der Waals surface area (Å²) in [7, 11) is 0. The highest BCUT2D eigenvalue weighted by Crippen LogP contribution is 2.20. The molecule has 2 heteroatoms. The number of unbranched alkanes of at least 4 members (excludes halogenated alkanes) is 1. The lowest BCUT2D eigenvalue weighted by Gasteiger charge is -2.11. The molecule has 0 heterocycles. The largest absolute Gasteiger partial charge is 0.466 e. The number of hydrogen-bond acceptors (Lipinski definition) is 2. The fourth-order valence-corrected chi connectivity index (χ4v) is 1.69. The molecule has 1 rings (SSSR count). The van der Waals surface area contributed by atoms with Crippen LogP contribution in [-0.4, -0.2) is 12.6 Å². The molecule has 0 amide bonds. The van der Waals surface area contributed by atoms with E-state index in [4.69, 9.17) is 4.74 Å². The summed E-state index contributed by atoms with van der Waals surface area (Å²) in [5.41, 5.74) is 1.29. The molecular formula is C15H22O2. The van der Waals surface area contributed by atoms with E-state index in [1.54, 1.807) is 0 Å². The summed E-state index contributed by atoms with van der Waals surface area (Å²) in [4.78, 5) is 11.4. The maximum Gasteiger partial charge on any atom is 0.305 e. The normalized spacial score (nSPS) is 12.1. The zero-order valence-electron chi connectivity index (χ0n) is 10.8. The van der Waals surface area contributed by atoms with Crippen molar-refractivity contribution in [3.8, 4) is 0 Å². The summed E-state index contributed by atoms with van der Waals surface area (Å²) in [5, 5.41) is 0. The highest BCUT2D eigenvalue weighted by molar-refractivity contribution is 5.69. The van der Waals surface area contributed by atoms with Crippen LogP contribution in [0.5, 0.6) is 0 Å². The van der Waals surface area contributed by atoms with Gasteiger partial charge in [0.05, 0.1) is 6.61 Å². The first-order valence-electron chi connectivity index (χ1n) is 6.44. The molecule has 0 aliphatic heterocycles. The van der Waals surface area contributed by atoms with Crippen LogP contribution in [0.3, 0.4) is 0 Å². The zero-order chi connectivity index (χ0) is 12.5. The van der Waals surface area contributed by atoms with Crippen molar-refractivity contribution in [2.45, 2.75) is 45.4 Å². The molecule has 17 heavy (non-hydrogen) atoms. The third kappa shape index (κ3) is 5.53. The van der Waals surface area contributed by atoms with Crippen LogP contribution in [0.1, 0.15) is 51.0 Å². The molecule has 0 fully saturated rings. The first-order chi connectivity index (χ1) is 8.24. The predicted molar refractivity (Wildman–Crippen MR) is 70.0 cm³/mol. The Morgan fingerprint density at radius 1 is 1.29 bits per heavy atom. The molecule has 1 unspecified atom stereocenters. The van der Waals surface area contributed by atoms with Crippen LogP contribution in [0.4, 0.5) is 0 Å². The van der Waals surface area contributed by atoms with Crippen molar-refractivity contribution in [1.29, 1.82) is 0 Å². The van der Waals surface area contributed by atoms with Crippen molar-refractivity contribution in [2.24, 2.45) is 0 Å². The van der Waals surface area contributed by atoms with Gasteiger partial charge in [0, 0.05) is 6.42 Å². The highest BCUT2D eigenvalue weighted by atomic mass is 16.5. The summed E-state index contributed by atoms with van der Waals surface area (Å²) in [6.45, 7) is 4.80. The van der Waals surface area contributed by atoms with E-state index >= 15 is 0 Å². The Morgan fingerprint density at radius 3 is 2.65 bits per heavy atom. The monoisotopic (exact) mass is 234 g/mol. The number of esters is 1. The van der Waals surface area contributed by atoms with Gasteiger partial charge in [-0.15, -0.1) is 0 Å². The van der Waals surface area contributed by atoms with Crippen LogP contribution >= 0.6 is 0 Å². The van der Waals surface area contributed by atoms with Crippen molar-refractivity contribution < 1.29 is 9.53 Å². The fourth-order valence-electron chi connectivity index (χ4n) is 1.69. The average Bonchev–Trinajstić information content (AvgIpc) is 2.37. The van der Waals surface area contributed by atoms with Crippen molar-refractivity contribution in [3.05, 3.63) is 35.9 Å². The van der Waals surface area contributed by atoms with Crippen molar-refractivity contribution in [3.63, 3.8) is 0 Å². The standard InChI is InChI=1S/C15H22O2/c1-3-4-12-17-15(16)11-10-13(2)14-8-6-5-7-9-14/h5-9,13H,3-4,10-12H2,1-2H3. The third-order valence-corrected chi connectivity index (χ3v) is 2.91. The number of carbonyl (C=O) groups excluding carboxylic acids is 1. The minimum atomic E-state index is -0.0683. The van der Waals surface area contributed by atoms with E-state index < -0.39 is 0 Å². The molecule has 94 valence electrons. The first kappa shape index (κ1) is 13.8. The molecule has 0 saturated heterocycles. The minimum Gasteiger partial charge on any atom is -0.466 e. The van der Waals surface area contributed by atoms with Crippen molar-refractivity contribution >= 4 is 5.97 Å². The molecule has 0 aromatic heterocycles. The lowest BCUT2D eigenvalue weighted by atomic mass is 9.96. The summed E-state index contributed by atoms with van der Waals surface area (Å²) < 4.78 is 5.13. The number of benzene rings is 1. The quantitative estimate of drug-likeness (QED) is 0.528. The lowest BCUT2D eigenvalue weighted by Crippen LogP contribution is -2.07. The molecule has 0 bridgehead atoms. The Labute approximate surface area is 104 Å². The summed E-state index contributed by atoms with van der Waals surface area (Å²) >= 11 is 0. The Morgan fingerprint density at radius 2 is 2.00 bits per heavy atom. The van der Waals surface area contributed by atoms with E-state index in [1.807, 2.05) is 18.2 Å². The molecule has 0 saturated carbocycles. The number of hydrogen-bond donors (Lipinski definition) is 0. The number of rotatable bonds is 7. The molecule has 1 aromatic rings. The second-order valence-electron chi connectivity index (χ2n) is 4.42. The topological polar surface area (TPSA) is 26.3 Å². The van der Waals surface area contributed by atoms with Gasteiger partial charge in [-0.05, 0) is 24.3 Å². The van der Waals surface area contributed by atoms with E-state index in [9.17, 15) is 4.79 Å². The lowest BCUT2D eigenvalue weighted by molar-refractivity contribution is -0.143. The van der Waals surface area contributed by atoms with Gasteiger partial charge in [-0.3, -0.25) is 4.79 Å². The van der Waals surface area contributed by atoms with Crippen LogP contribution in [-0.2, 0) is 9.53 Å². The smallest absolute Gasteiger partial charge is 0.305 e. The van der Waals surface area contributed by atoms with E-state index in [0.717, 1.165) is 19.3 Å². The van der Waals surface area contributed by atoms with Gasteiger partial charge < -0.3 is 4.74 Å². The molecule has 0 aliphatic carbocycles. The van der Waals surface area contributed by atoms with Gasteiger partial charge >= 0.3 is 5.97 Å². The number of carbonyl (C=O) groups is 1. The highest BCUT2D eigenvalue weighted by Gasteiger charge is 2.09. The second-order valence-corrected chi connectivity index (χ2v) is 4.42. The Hall–Kier alpha value is -1.31. The maximum absolute atomic E-state index is 11.4. The van der Waals surface area contributed by atoms with Gasteiger partial charge in [-0.25, -0.2) is 0 Å². The number of ether oxygens (including phenoxy) is 1. The molecule has 0 aliphatic rings. The predicted octanol–water partition coefficient (Wildman–Crippen LogP) is 3.91. The fraction of sp³-hybridized carbons (Fsp3) is 0.533. The summed E-state index contributed by atoms with van der Waals surface area (Å²) in [6, 6.07) is 10.3. The molecule has 2 nitrogen and oxygen atoms in total. The Bertz CT molecular complexity index is 319. The molecular weight excluding hydrogens is 212 g/mol. The van der Waals surface area contributed by atoms with Crippen LogP contribution in [0.25, 0.3) is 0 Å². The molecule has 1 aromatic carbocycles. The Balaban J connectivity index is 2.24. The SMILES string of the molecule is CCCCOC(=O)CCC(C)c1ccccc1. The van der Waals surface area contributed by atoms with E-state index in [-0.39, 0.29) is 5.97 Å². The third-order valence-electron chi connectivity index (χ3n) is 2.91. The van der Waals surface area contributed by atoms with Crippen LogP contribution in [0, 0.1) is 0 Å². The van der Waals surface area contributed by atoms with Gasteiger partial charge in [0.1, 0.15) is 0 Å². The maximum atomic E-state index is 11.4. The summed E-state index contributed by atoms with van der Waals surface area (Å²) in [6.07, 6.45) is 3.39. The van der Waals surface area contributed by atoms with Gasteiger partial charge in [-0.1, -0.05) is 50.6 Å². The van der Waals surface area contributed by atoms with Crippen molar-refractivity contribution in [1.82, 2.24) is 0 Å². The van der Waals surface area contributed by atoms with Crippen LogP contribution in [0.15, 0.2) is 30.3 Å². The van der Waals surface area contributed by atoms with Crippen LogP contribution in [0.2, 0.25) is 0 Å². The first-order valence-corrected chi connectivity index (χ1v) is 6.44. The van der Waals surface area contributed by atoms with Gasteiger partial charge in [0.25, 0.3) is 0 Å². The van der Waals surface area contributed by atoms with Gasteiger partial charge in [0.2, 0.25) is 0 Å². The minimum absolute atomic E-state index is 0.0683. The molecule has 0 N–H and O–H groups in total. The summed E-state index contributed by atoms with van der Waals surface area (Å²) in [5.74, 6) is 0.344. The Kier molecular flexibility index (Phi) is 6.38. The van der Waals surface area contributed by atoms with Gasteiger partial charge in [0.15, 0.2) is 0 Å². The second kappa shape index (κ2) is 7.88. The van der Waals surface area contributed by atoms with Crippen LogP contribution < -0.4 is 0 Å². The van der Waals surface area contributed by atoms with E-state index in [2.05, 4.69) is 26.0 Å². The molecule has 0 radical (unpaired) electrons. The zero-order valence-corrected chi connectivity index (χ0v) is 10.8. The van der Waals surface area contributed by atoms with Gasteiger partial charge in [-0.2, -0.15) is 0 Å². The molecule has 1 atom stereocenters. The average molecular weight is 234 g/mol. The molecule has 0 spiro atoms. The van der Waals surface area contributed by atoms with Crippen molar-refractivity contribution in [2.75, 3.05) is 6.61 Å². The van der Waals surface area contributed by atoms with E-state index in [1.165, 1.54) is 5.56 Å². The van der Waals surface area contributed by atoms with E-state index in [0.29, 0.717) is 18.9 Å².